The molecule has 3 aromatic carbocycles. The van der Waals surface area contributed by atoms with Gasteiger partial charge in [0.2, 0.25) is 0 Å². The summed E-state index contributed by atoms with van der Waals surface area (Å²) in [5.41, 5.74) is 3.02. The number of nitrogens with zero attached hydrogens (tertiary/aromatic N) is 1. The second kappa shape index (κ2) is 10.6. The van der Waals surface area contributed by atoms with Gasteiger partial charge in [-0.1, -0.05) is 34.1 Å². The molecule has 1 aliphatic heterocycles. The molecule has 7 nitrogen and oxygen atoms in total. The summed E-state index contributed by atoms with van der Waals surface area (Å²) >= 11 is 3.43. The number of hydrogen-bond acceptors (Lipinski definition) is 5. The molecule has 34 heavy (non-hydrogen) atoms. The molecular weight excluding hydrogens is 500 g/mol. The van der Waals surface area contributed by atoms with E-state index in [0.29, 0.717) is 48.0 Å². The van der Waals surface area contributed by atoms with Crippen molar-refractivity contribution in [3.63, 3.8) is 0 Å². The van der Waals surface area contributed by atoms with E-state index < -0.39 is 0 Å². The third-order valence-electron chi connectivity index (χ3n) is 5.61. The molecule has 1 heterocycles. The van der Waals surface area contributed by atoms with Gasteiger partial charge in [-0.15, -0.1) is 0 Å². The number of hydrogen-bond donors (Lipinski definition) is 1. The van der Waals surface area contributed by atoms with Crippen LogP contribution in [0.4, 0.5) is 5.69 Å². The number of carbonyl (C=O) groups excluding carboxylic acids is 2. The Morgan fingerprint density at radius 1 is 1.03 bits per heavy atom. The quantitative estimate of drug-likeness (QED) is 0.462. The smallest absolute Gasteiger partial charge is 0.262 e. The molecule has 0 spiro atoms. The zero-order valence-electron chi connectivity index (χ0n) is 19.0. The Morgan fingerprint density at radius 2 is 1.82 bits per heavy atom. The third-order valence-corrected chi connectivity index (χ3v) is 6.14. The van der Waals surface area contributed by atoms with Crippen LogP contribution in [-0.2, 0) is 17.8 Å². The number of ether oxygens (including phenoxy) is 3. The fraction of sp³-hybridized carbons (Fsp3) is 0.231. The molecule has 0 aromatic heterocycles. The van der Waals surface area contributed by atoms with Gasteiger partial charge in [0.25, 0.3) is 11.8 Å². The number of nitrogens with one attached hydrogen (secondary N) is 1. The Kier molecular flexibility index (Phi) is 7.37. The molecule has 0 saturated carbocycles. The van der Waals surface area contributed by atoms with Gasteiger partial charge in [-0.3, -0.25) is 9.59 Å². The number of fused-ring (bicyclic) bond motifs is 1. The molecule has 0 bridgehead atoms. The maximum atomic E-state index is 13.1. The highest BCUT2D eigenvalue weighted by Crippen LogP contribution is 2.30. The maximum absolute atomic E-state index is 13.1. The van der Waals surface area contributed by atoms with Gasteiger partial charge in [-0.2, -0.15) is 0 Å². The fourth-order valence-electron chi connectivity index (χ4n) is 3.87. The van der Waals surface area contributed by atoms with Crippen LogP contribution in [0.25, 0.3) is 0 Å². The summed E-state index contributed by atoms with van der Waals surface area (Å²) in [6, 6.07) is 18.4. The molecule has 176 valence electrons. The van der Waals surface area contributed by atoms with Crippen LogP contribution in [-0.4, -0.2) is 44.1 Å². The van der Waals surface area contributed by atoms with Crippen molar-refractivity contribution in [3.05, 3.63) is 81.8 Å². The summed E-state index contributed by atoms with van der Waals surface area (Å²) in [6.45, 7) is 0.933. The van der Waals surface area contributed by atoms with Crippen molar-refractivity contribution in [2.75, 3.05) is 32.7 Å². The maximum Gasteiger partial charge on any atom is 0.262 e. The standard InChI is InChI=1S/C26H25BrN2O5/c1-32-19-10-11-22(24(14-19)33-2)28-25(30)16-34-23-5-3-4-21-20(23)12-13-29(26(21)31)15-17-6-8-18(27)9-7-17/h3-11,14H,12-13,15-16H2,1-2H3,(H,28,30). The van der Waals surface area contributed by atoms with Crippen LogP contribution in [0.2, 0.25) is 0 Å². The lowest BCUT2D eigenvalue weighted by atomic mass is 9.97. The second-order valence-corrected chi connectivity index (χ2v) is 8.70. The van der Waals surface area contributed by atoms with E-state index in [0.717, 1.165) is 15.6 Å². The van der Waals surface area contributed by atoms with E-state index in [2.05, 4.69) is 21.2 Å². The van der Waals surface area contributed by atoms with Crippen LogP contribution in [0.15, 0.2) is 65.1 Å². The van der Waals surface area contributed by atoms with Crippen LogP contribution in [0.5, 0.6) is 17.2 Å². The third kappa shape index (κ3) is 5.34. The lowest BCUT2D eigenvalue weighted by molar-refractivity contribution is -0.118. The first kappa shape index (κ1) is 23.6. The zero-order valence-corrected chi connectivity index (χ0v) is 20.6. The Hall–Kier alpha value is -3.52. The van der Waals surface area contributed by atoms with Gasteiger partial charge in [-0.05, 0) is 48.4 Å². The van der Waals surface area contributed by atoms with E-state index in [1.807, 2.05) is 29.2 Å². The number of methoxy groups -OCH3 is 2. The molecule has 8 heteroatoms. The topological polar surface area (TPSA) is 77.1 Å². The van der Waals surface area contributed by atoms with E-state index in [1.165, 1.54) is 7.11 Å². The van der Waals surface area contributed by atoms with E-state index in [1.54, 1.807) is 43.5 Å². The summed E-state index contributed by atoms with van der Waals surface area (Å²) in [7, 11) is 3.08. The largest absolute Gasteiger partial charge is 0.497 e. The molecule has 1 aliphatic rings. The summed E-state index contributed by atoms with van der Waals surface area (Å²) in [4.78, 5) is 27.5. The van der Waals surface area contributed by atoms with Crippen LogP contribution in [0, 0.1) is 0 Å². The summed E-state index contributed by atoms with van der Waals surface area (Å²) in [6.07, 6.45) is 0.654. The van der Waals surface area contributed by atoms with Crippen LogP contribution < -0.4 is 19.5 Å². The van der Waals surface area contributed by atoms with Crippen LogP contribution in [0.1, 0.15) is 21.5 Å². The second-order valence-electron chi connectivity index (χ2n) is 7.79. The van der Waals surface area contributed by atoms with E-state index in [-0.39, 0.29) is 18.4 Å². The van der Waals surface area contributed by atoms with Gasteiger partial charge in [0.15, 0.2) is 6.61 Å². The Bertz CT molecular complexity index is 1200. The highest BCUT2D eigenvalue weighted by atomic mass is 79.9. The first-order valence-electron chi connectivity index (χ1n) is 10.8. The molecule has 0 unspecified atom stereocenters. The SMILES string of the molecule is COc1ccc(NC(=O)COc2cccc3c2CCN(Cc2ccc(Br)cc2)C3=O)c(OC)c1. The molecule has 3 aromatic rings. The van der Waals surface area contributed by atoms with E-state index in [9.17, 15) is 9.59 Å². The molecule has 0 saturated heterocycles. The first-order chi connectivity index (χ1) is 16.5. The highest BCUT2D eigenvalue weighted by molar-refractivity contribution is 9.10. The first-order valence-corrected chi connectivity index (χ1v) is 11.6. The van der Waals surface area contributed by atoms with Crippen molar-refractivity contribution >= 4 is 33.4 Å². The van der Waals surface area contributed by atoms with Crippen LogP contribution >= 0.6 is 15.9 Å². The summed E-state index contributed by atoms with van der Waals surface area (Å²) < 4.78 is 17.3. The average molecular weight is 525 g/mol. The monoisotopic (exact) mass is 524 g/mol. The lowest BCUT2D eigenvalue weighted by Gasteiger charge is -2.29. The van der Waals surface area contributed by atoms with Crippen LogP contribution in [0.3, 0.4) is 0 Å². The van der Waals surface area contributed by atoms with Crippen molar-refractivity contribution in [2.45, 2.75) is 13.0 Å². The van der Waals surface area contributed by atoms with Gasteiger partial charge in [-0.25, -0.2) is 0 Å². The number of amides is 2. The normalized spacial score (nSPS) is 12.7. The summed E-state index contributed by atoms with van der Waals surface area (Å²) in [5.74, 6) is 1.29. The molecule has 0 fully saturated rings. The summed E-state index contributed by atoms with van der Waals surface area (Å²) in [5, 5.41) is 2.79. The minimum absolute atomic E-state index is 0.0398. The van der Waals surface area contributed by atoms with Crippen molar-refractivity contribution in [3.8, 4) is 17.2 Å². The minimum atomic E-state index is -0.333. The molecule has 0 aliphatic carbocycles. The highest BCUT2D eigenvalue weighted by Gasteiger charge is 2.27. The number of halogens is 1. The lowest BCUT2D eigenvalue weighted by Crippen LogP contribution is -2.37. The number of rotatable bonds is 8. The predicted octanol–water partition coefficient (Wildman–Crippen LogP) is 4.68. The van der Waals surface area contributed by atoms with Gasteiger partial charge in [0.05, 0.1) is 19.9 Å². The molecule has 1 N–H and O–H groups in total. The van der Waals surface area contributed by atoms with E-state index >= 15 is 0 Å². The Morgan fingerprint density at radius 3 is 2.56 bits per heavy atom. The molecule has 0 atom stereocenters. The molecular formula is C26H25BrN2O5. The van der Waals surface area contributed by atoms with Crippen molar-refractivity contribution in [2.24, 2.45) is 0 Å². The van der Waals surface area contributed by atoms with Crippen molar-refractivity contribution in [1.29, 1.82) is 0 Å². The Balaban J connectivity index is 1.41. The molecule has 4 rings (SSSR count). The molecule has 2 amide bonds. The van der Waals surface area contributed by atoms with Crippen molar-refractivity contribution < 1.29 is 23.8 Å². The fourth-order valence-corrected chi connectivity index (χ4v) is 4.13. The van der Waals surface area contributed by atoms with Crippen molar-refractivity contribution in [1.82, 2.24) is 4.90 Å². The van der Waals surface area contributed by atoms with E-state index in [4.69, 9.17) is 14.2 Å². The van der Waals surface area contributed by atoms with Gasteiger partial charge >= 0.3 is 0 Å². The predicted molar refractivity (Wildman–Crippen MR) is 133 cm³/mol. The minimum Gasteiger partial charge on any atom is -0.497 e. The van der Waals surface area contributed by atoms with Gasteiger partial charge in [0.1, 0.15) is 17.2 Å². The number of anilines is 1. The molecule has 0 radical (unpaired) electrons. The number of benzene rings is 3. The Labute approximate surface area is 206 Å². The van der Waals surface area contributed by atoms with Gasteiger partial charge < -0.3 is 24.4 Å². The number of carbonyl (C=O) groups is 2. The average Bonchev–Trinajstić information content (AvgIpc) is 2.86. The van der Waals surface area contributed by atoms with Gasteiger partial charge in [0, 0.05) is 34.8 Å². The zero-order chi connectivity index (χ0) is 24.1.